The van der Waals surface area contributed by atoms with Crippen LogP contribution in [-0.2, 0) is 38.1 Å². The van der Waals surface area contributed by atoms with Crippen LogP contribution in [0.5, 0.6) is 23.0 Å². The summed E-state index contributed by atoms with van der Waals surface area (Å²) in [4.78, 5) is 46.3. The van der Waals surface area contributed by atoms with Gasteiger partial charge in [-0.2, -0.15) is 0 Å². The zero-order valence-corrected chi connectivity index (χ0v) is 25.9. The number of aryl methyl sites for hydroxylation is 4. The Balaban J connectivity index is 2.14. The van der Waals surface area contributed by atoms with Crippen LogP contribution < -0.4 is 14.2 Å². The third-order valence-corrected chi connectivity index (χ3v) is 6.07. The molecule has 0 bridgehead atoms. The summed E-state index contributed by atoms with van der Waals surface area (Å²) in [6.07, 6.45) is 2.30. The molecule has 0 spiro atoms. The van der Waals surface area contributed by atoms with Crippen LogP contribution >= 0.6 is 0 Å². The number of rotatable bonds is 18. The molecule has 0 N–H and O–H groups in total. The second-order valence-electron chi connectivity index (χ2n) is 9.68. The molecule has 2 aromatic carbocycles. The van der Waals surface area contributed by atoms with E-state index in [9.17, 15) is 19.2 Å². The molecule has 240 valence electrons. The van der Waals surface area contributed by atoms with Crippen molar-refractivity contribution in [3.05, 3.63) is 97.1 Å². The van der Waals surface area contributed by atoms with Crippen LogP contribution in [0.3, 0.4) is 0 Å². The number of carbonyl (C=O) groups excluding carboxylic acids is 4. The molecule has 11 nitrogen and oxygen atoms in total. The molecule has 45 heavy (non-hydrogen) atoms. The minimum absolute atomic E-state index is 0.0748. The Morgan fingerprint density at radius 1 is 0.533 bits per heavy atom. The first-order chi connectivity index (χ1) is 21.4. The van der Waals surface area contributed by atoms with E-state index in [-0.39, 0.29) is 26.4 Å². The Hall–Kier alpha value is -5.32. The predicted octanol–water partition coefficient (Wildman–Crippen LogP) is 5.12. The first-order valence-electron chi connectivity index (χ1n) is 13.8. The van der Waals surface area contributed by atoms with Crippen molar-refractivity contribution in [2.45, 2.75) is 39.9 Å². The number of hydrogen-bond donors (Lipinski definition) is 0. The molecule has 0 amide bonds. The fraction of sp³-hybridized carbons (Fsp3) is 0.294. The topological polar surface area (TPSA) is 133 Å². The minimum atomic E-state index is -0.868. The molecule has 0 aromatic heterocycles. The number of carbonyl (C=O) groups is 4. The summed E-state index contributed by atoms with van der Waals surface area (Å²) in [5, 5.41) is 0. The standard InChI is InChI=1S/C34H38O11/c1-9-31(35)41-19-25(43-33(37)11-3)17-39-27-13-23(7)29(15-21(27)5)45-30-16-22(6)28(14-24(30)8)40-18-26(44-34(38)12-4)20-42-32(36)10-2/h9-16,25-26H,1-4,17-20H2,5-8H3. The van der Waals surface area contributed by atoms with Gasteiger partial charge in [0.1, 0.15) is 49.4 Å². The summed E-state index contributed by atoms with van der Waals surface area (Å²) in [5.74, 6) is -0.439. The number of benzene rings is 2. The molecule has 0 radical (unpaired) electrons. The normalized spacial score (nSPS) is 11.6. The fourth-order valence-electron chi connectivity index (χ4n) is 3.67. The Morgan fingerprint density at radius 3 is 1.18 bits per heavy atom. The first kappa shape index (κ1) is 35.9. The van der Waals surface area contributed by atoms with Gasteiger partial charge in [-0.3, -0.25) is 0 Å². The summed E-state index contributed by atoms with van der Waals surface area (Å²) < 4.78 is 38.5. The molecule has 2 rings (SSSR count). The highest BCUT2D eigenvalue weighted by Crippen LogP contribution is 2.35. The summed E-state index contributed by atoms with van der Waals surface area (Å²) >= 11 is 0. The van der Waals surface area contributed by atoms with Gasteiger partial charge < -0.3 is 33.2 Å². The Labute approximate surface area is 262 Å². The van der Waals surface area contributed by atoms with Crippen LogP contribution in [0.15, 0.2) is 74.9 Å². The van der Waals surface area contributed by atoms with Crippen molar-refractivity contribution in [2.75, 3.05) is 26.4 Å². The maximum atomic E-state index is 11.7. The van der Waals surface area contributed by atoms with Crippen molar-refractivity contribution in [1.29, 1.82) is 0 Å². The van der Waals surface area contributed by atoms with E-state index in [1.54, 1.807) is 12.1 Å². The second-order valence-corrected chi connectivity index (χ2v) is 9.68. The Bertz CT molecular complexity index is 1330. The van der Waals surface area contributed by atoms with Crippen molar-refractivity contribution < 1.29 is 52.3 Å². The molecule has 0 heterocycles. The molecule has 11 heteroatoms. The van der Waals surface area contributed by atoms with Crippen LogP contribution in [0.1, 0.15) is 22.3 Å². The molecular formula is C34H38O11. The summed E-state index contributed by atoms with van der Waals surface area (Å²) in [6.45, 7) is 20.2. The largest absolute Gasteiger partial charge is 0.489 e. The predicted molar refractivity (Wildman–Crippen MR) is 165 cm³/mol. The van der Waals surface area contributed by atoms with Crippen molar-refractivity contribution in [3.8, 4) is 23.0 Å². The van der Waals surface area contributed by atoms with Crippen LogP contribution in [0.4, 0.5) is 0 Å². The van der Waals surface area contributed by atoms with Crippen molar-refractivity contribution in [3.63, 3.8) is 0 Å². The molecule has 0 aliphatic rings. The summed E-state index contributed by atoms with van der Waals surface area (Å²) in [6, 6.07) is 7.21. The lowest BCUT2D eigenvalue weighted by Crippen LogP contribution is -2.30. The molecule has 0 fully saturated rings. The highest BCUT2D eigenvalue weighted by atomic mass is 16.6. The molecular weight excluding hydrogens is 584 g/mol. The van der Waals surface area contributed by atoms with Gasteiger partial charge >= 0.3 is 23.9 Å². The van der Waals surface area contributed by atoms with Gasteiger partial charge in [-0.25, -0.2) is 19.2 Å². The average molecular weight is 623 g/mol. The van der Waals surface area contributed by atoms with E-state index < -0.39 is 36.1 Å². The maximum absolute atomic E-state index is 11.7. The average Bonchev–Trinajstić information content (AvgIpc) is 3.02. The lowest BCUT2D eigenvalue weighted by molar-refractivity contribution is -0.154. The van der Waals surface area contributed by atoms with E-state index in [2.05, 4.69) is 26.3 Å². The first-order valence-corrected chi connectivity index (χ1v) is 13.8. The third-order valence-electron chi connectivity index (χ3n) is 6.07. The van der Waals surface area contributed by atoms with Crippen molar-refractivity contribution >= 4 is 23.9 Å². The van der Waals surface area contributed by atoms with Crippen LogP contribution in [0, 0.1) is 27.7 Å². The summed E-state index contributed by atoms with van der Waals surface area (Å²) in [5.41, 5.74) is 3.04. The van der Waals surface area contributed by atoms with Gasteiger partial charge in [0.15, 0.2) is 12.2 Å². The van der Waals surface area contributed by atoms with Crippen molar-refractivity contribution in [1.82, 2.24) is 0 Å². The van der Waals surface area contributed by atoms with E-state index in [1.807, 2.05) is 39.8 Å². The lowest BCUT2D eigenvalue weighted by atomic mass is 10.1. The van der Waals surface area contributed by atoms with Crippen LogP contribution in [0.2, 0.25) is 0 Å². The molecule has 0 aliphatic heterocycles. The van der Waals surface area contributed by atoms with Gasteiger partial charge in [0.2, 0.25) is 0 Å². The molecule has 2 atom stereocenters. The van der Waals surface area contributed by atoms with Gasteiger partial charge in [0.05, 0.1) is 0 Å². The van der Waals surface area contributed by atoms with E-state index >= 15 is 0 Å². The molecule has 0 saturated carbocycles. The minimum Gasteiger partial charge on any atom is -0.489 e. The lowest BCUT2D eigenvalue weighted by Gasteiger charge is -2.20. The highest BCUT2D eigenvalue weighted by Gasteiger charge is 2.19. The maximum Gasteiger partial charge on any atom is 0.330 e. The fourth-order valence-corrected chi connectivity index (χ4v) is 3.67. The van der Waals surface area contributed by atoms with Gasteiger partial charge in [-0.15, -0.1) is 0 Å². The third kappa shape index (κ3) is 11.7. The van der Waals surface area contributed by atoms with Crippen molar-refractivity contribution in [2.24, 2.45) is 0 Å². The Morgan fingerprint density at radius 2 is 0.844 bits per heavy atom. The number of hydrogen-bond acceptors (Lipinski definition) is 11. The van der Waals surface area contributed by atoms with Gasteiger partial charge in [0.25, 0.3) is 0 Å². The second kappa shape index (κ2) is 17.7. The van der Waals surface area contributed by atoms with E-state index in [4.69, 9.17) is 33.2 Å². The SMILES string of the molecule is C=CC(=O)OCC(COc1cc(C)c(Oc2cc(C)c(OCC(COC(=O)C=C)OC(=O)C=C)cc2C)cc1C)OC(=O)C=C. The van der Waals surface area contributed by atoms with E-state index in [1.165, 1.54) is 0 Å². The molecule has 0 aliphatic carbocycles. The quantitative estimate of drug-likeness (QED) is 0.125. The van der Waals surface area contributed by atoms with E-state index in [0.717, 1.165) is 46.6 Å². The summed E-state index contributed by atoms with van der Waals surface area (Å²) in [7, 11) is 0. The molecule has 2 aromatic rings. The van der Waals surface area contributed by atoms with Crippen LogP contribution in [-0.4, -0.2) is 62.5 Å². The smallest absolute Gasteiger partial charge is 0.330 e. The van der Waals surface area contributed by atoms with Crippen LogP contribution in [0.25, 0.3) is 0 Å². The monoisotopic (exact) mass is 622 g/mol. The van der Waals surface area contributed by atoms with Gasteiger partial charge in [-0.1, -0.05) is 26.3 Å². The number of ether oxygens (including phenoxy) is 7. The van der Waals surface area contributed by atoms with E-state index in [0.29, 0.717) is 23.0 Å². The molecule has 0 saturated heterocycles. The number of esters is 4. The zero-order valence-electron chi connectivity index (χ0n) is 25.9. The Kier molecular flexibility index (Phi) is 14.1. The van der Waals surface area contributed by atoms with Gasteiger partial charge in [0, 0.05) is 24.3 Å². The zero-order chi connectivity index (χ0) is 33.5. The molecule has 2 unspecified atom stereocenters. The van der Waals surface area contributed by atoms with Gasteiger partial charge in [-0.05, 0) is 74.2 Å². The highest BCUT2D eigenvalue weighted by molar-refractivity contribution is 5.82.